The molecule has 0 aromatic heterocycles. The van der Waals surface area contributed by atoms with E-state index in [0.29, 0.717) is 17.2 Å². The van der Waals surface area contributed by atoms with E-state index in [2.05, 4.69) is 10.6 Å². The Morgan fingerprint density at radius 3 is 2.37 bits per heavy atom. The molecule has 0 aliphatic carbocycles. The number of nitrogens with one attached hydrogen (secondary N) is 2. The number of hydrogen-bond acceptors (Lipinski definition) is 4. The van der Waals surface area contributed by atoms with Crippen LogP contribution in [0.5, 0.6) is 11.5 Å². The van der Waals surface area contributed by atoms with Crippen LogP contribution in [0.3, 0.4) is 0 Å². The van der Waals surface area contributed by atoms with Gasteiger partial charge in [0.25, 0.3) is 5.91 Å². The lowest BCUT2D eigenvalue weighted by Gasteiger charge is -2.20. The Morgan fingerprint density at radius 1 is 0.889 bits per heavy atom. The number of benzene rings is 3. The van der Waals surface area contributed by atoms with Crippen LogP contribution in [0.2, 0.25) is 0 Å². The van der Waals surface area contributed by atoms with Crippen LogP contribution in [0.4, 0.5) is 15.8 Å². The van der Waals surface area contributed by atoms with Gasteiger partial charge in [0.1, 0.15) is 11.9 Å². The molecule has 4 rings (SSSR count). The molecule has 5 nitrogen and oxygen atoms in total. The Balaban J connectivity index is 1.59. The number of amides is 1. The van der Waals surface area contributed by atoms with Gasteiger partial charge in [-0.1, -0.05) is 30.3 Å². The van der Waals surface area contributed by atoms with Crippen LogP contribution in [0.15, 0.2) is 72.8 Å². The van der Waals surface area contributed by atoms with Crippen molar-refractivity contribution < 1.29 is 18.7 Å². The van der Waals surface area contributed by atoms with E-state index in [1.165, 1.54) is 24.3 Å². The molecule has 0 spiro atoms. The van der Waals surface area contributed by atoms with Gasteiger partial charge in [0, 0.05) is 17.4 Å². The van der Waals surface area contributed by atoms with Crippen molar-refractivity contribution >= 4 is 17.3 Å². The fourth-order valence-electron chi connectivity index (χ4n) is 2.85. The third-order valence-corrected chi connectivity index (χ3v) is 4.19. The molecule has 1 atom stereocenters. The highest BCUT2D eigenvalue weighted by Crippen LogP contribution is 2.35. The minimum atomic E-state index is -0.642. The first kappa shape index (κ1) is 16.9. The zero-order valence-electron chi connectivity index (χ0n) is 14.3. The van der Waals surface area contributed by atoms with Gasteiger partial charge < -0.3 is 20.1 Å². The number of anilines is 2. The molecule has 0 bridgehead atoms. The van der Waals surface area contributed by atoms with Gasteiger partial charge in [-0.25, -0.2) is 4.39 Å². The maximum absolute atomic E-state index is 13.1. The number of ether oxygens (including phenoxy) is 2. The highest BCUT2D eigenvalue weighted by molar-refractivity contribution is 5.97. The largest absolute Gasteiger partial charge is 0.454 e. The van der Waals surface area contributed by atoms with Crippen LogP contribution in [-0.4, -0.2) is 12.7 Å². The predicted molar refractivity (Wildman–Crippen MR) is 100 cm³/mol. The van der Waals surface area contributed by atoms with E-state index < -0.39 is 6.04 Å². The first-order chi connectivity index (χ1) is 13.2. The van der Waals surface area contributed by atoms with Crippen molar-refractivity contribution in [2.75, 3.05) is 17.4 Å². The molecule has 3 aromatic carbocycles. The van der Waals surface area contributed by atoms with Crippen molar-refractivity contribution in [3.63, 3.8) is 0 Å². The average molecular weight is 364 g/mol. The van der Waals surface area contributed by atoms with Crippen LogP contribution < -0.4 is 20.1 Å². The summed E-state index contributed by atoms with van der Waals surface area (Å²) < 4.78 is 23.8. The summed E-state index contributed by atoms with van der Waals surface area (Å²) in [6.45, 7) is 0.186. The van der Waals surface area contributed by atoms with E-state index in [9.17, 15) is 9.18 Å². The van der Waals surface area contributed by atoms with E-state index in [4.69, 9.17) is 9.47 Å². The number of halogens is 1. The molecule has 136 valence electrons. The number of carbonyl (C=O) groups is 1. The van der Waals surface area contributed by atoms with Gasteiger partial charge >= 0.3 is 0 Å². The number of carbonyl (C=O) groups excluding carboxylic acids is 1. The SMILES string of the molecule is O=C(Nc1ccc(F)cc1)C(Nc1ccc2c(c1)OCO2)c1ccccc1. The maximum Gasteiger partial charge on any atom is 0.251 e. The Bertz CT molecular complexity index is 945. The number of rotatable bonds is 5. The maximum atomic E-state index is 13.1. The van der Waals surface area contributed by atoms with Crippen LogP contribution >= 0.6 is 0 Å². The Kier molecular flexibility index (Phi) is 4.61. The second-order valence-corrected chi connectivity index (χ2v) is 6.05. The van der Waals surface area contributed by atoms with Crippen LogP contribution in [0, 0.1) is 5.82 Å². The van der Waals surface area contributed by atoms with Gasteiger partial charge in [0.05, 0.1) is 0 Å². The number of hydrogen-bond donors (Lipinski definition) is 2. The van der Waals surface area contributed by atoms with E-state index in [1.807, 2.05) is 36.4 Å². The van der Waals surface area contributed by atoms with Gasteiger partial charge in [0.2, 0.25) is 6.79 Å². The minimum Gasteiger partial charge on any atom is -0.454 e. The van der Waals surface area contributed by atoms with Crippen LogP contribution in [-0.2, 0) is 4.79 Å². The Morgan fingerprint density at radius 2 is 1.59 bits per heavy atom. The van der Waals surface area contributed by atoms with Crippen molar-refractivity contribution in [3.05, 3.63) is 84.2 Å². The van der Waals surface area contributed by atoms with Gasteiger partial charge in [0.15, 0.2) is 11.5 Å². The highest BCUT2D eigenvalue weighted by atomic mass is 19.1. The molecule has 1 unspecified atom stereocenters. The van der Waals surface area contributed by atoms with Gasteiger partial charge in [-0.05, 0) is 42.0 Å². The van der Waals surface area contributed by atoms with E-state index in [0.717, 1.165) is 11.3 Å². The molecule has 0 saturated heterocycles. The molecular formula is C21H17FN2O3. The topological polar surface area (TPSA) is 59.6 Å². The molecule has 0 radical (unpaired) electrons. The average Bonchev–Trinajstić information content (AvgIpc) is 3.16. The first-order valence-corrected chi connectivity index (χ1v) is 8.46. The zero-order valence-corrected chi connectivity index (χ0v) is 14.3. The molecule has 1 amide bonds. The van der Waals surface area contributed by atoms with Crippen molar-refractivity contribution in [3.8, 4) is 11.5 Å². The third-order valence-electron chi connectivity index (χ3n) is 4.19. The molecule has 1 aliphatic heterocycles. The van der Waals surface area contributed by atoms with Crippen molar-refractivity contribution in [2.24, 2.45) is 0 Å². The smallest absolute Gasteiger partial charge is 0.251 e. The first-order valence-electron chi connectivity index (χ1n) is 8.46. The fraction of sp³-hybridized carbons (Fsp3) is 0.0952. The van der Waals surface area contributed by atoms with E-state index in [1.54, 1.807) is 12.1 Å². The van der Waals surface area contributed by atoms with E-state index in [-0.39, 0.29) is 18.5 Å². The fourth-order valence-corrected chi connectivity index (χ4v) is 2.85. The normalized spacial score (nSPS) is 13.1. The Hall–Kier alpha value is -3.54. The number of fused-ring (bicyclic) bond motifs is 1. The highest BCUT2D eigenvalue weighted by Gasteiger charge is 2.22. The molecular weight excluding hydrogens is 347 g/mol. The second kappa shape index (κ2) is 7.37. The summed E-state index contributed by atoms with van der Waals surface area (Å²) in [5.74, 6) is 0.690. The Labute approximate surface area is 155 Å². The van der Waals surface area contributed by atoms with Crippen molar-refractivity contribution in [1.29, 1.82) is 0 Å². The van der Waals surface area contributed by atoms with Crippen molar-refractivity contribution in [2.45, 2.75) is 6.04 Å². The molecule has 27 heavy (non-hydrogen) atoms. The molecule has 1 heterocycles. The summed E-state index contributed by atoms with van der Waals surface area (Å²) >= 11 is 0. The molecule has 1 aliphatic rings. The summed E-state index contributed by atoms with van der Waals surface area (Å²) in [6.07, 6.45) is 0. The second-order valence-electron chi connectivity index (χ2n) is 6.05. The summed E-state index contributed by atoms with van der Waals surface area (Å²) in [6, 6.07) is 19.8. The molecule has 2 N–H and O–H groups in total. The minimum absolute atomic E-state index is 0.186. The third kappa shape index (κ3) is 3.84. The zero-order chi connectivity index (χ0) is 18.6. The molecule has 6 heteroatoms. The van der Waals surface area contributed by atoms with Crippen LogP contribution in [0.25, 0.3) is 0 Å². The van der Waals surface area contributed by atoms with Gasteiger partial charge in [-0.15, -0.1) is 0 Å². The lowest BCUT2D eigenvalue weighted by molar-refractivity contribution is -0.117. The van der Waals surface area contributed by atoms with Crippen LogP contribution in [0.1, 0.15) is 11.6 Å². The quantitative estimate of drug-likeness (QED) is 0.707. The van der Waals surface area contributed by atoms with Crippen molar-refractivity contribution in [1.82, 2.24) is 0 Å². The van der Waals surface area contributed by atoms with E-state index >= 15 is 0 Å². The summed E-state index contributed by atoms with van der Waals surface area (Å²) in [4.78, 5) is 12.9. The standard InChI is InChI=1S/C21H17FN2O3/c22-15-6-8-16(9-7-15)24-21(25)20(14-4-2-1-3-5-14)23-17-10-11-18-19(12-17)27-13-26-18/h1-12,20,23H,13H2,(H,24,25). The lowest BCUT2D eigenvalue weighted by Crippen LogP contribution is -2.27. The predicted octanol–water partition coefficient (Wildman–Crippen LogP) is 4.35. The molecule has 0 saturated carbocycles. The molecule has 3 aromatic rings. The molecule has 0 fully saturated rings. The monoisotopic (exact) mass is 364 g/mol. The van der Waals surface area contributed by atoms with Gasteiger partial charge in [-0.3, -0.25) is 4.79 Å². The van der Waals surface area contributed by atoms with Gasteiger partial charge in [-0.2, -0.15) is 0 Å². The summed E-state index contributed by atoms with van der Waals surface area (Å²) in [7, 11) is 0. The lowest BCUT2D eigenvalue weighted by atomic mass is 10.1. The summed E-state index contributed by atoms with van der Waals surface area (Å²) in [5.41, 5.74) is 2.05. The summed E-state index contributed by atoms with van der Waals surface area (Å²) in [5, 5.41) is 6.05.